The highest BCUT2D eigenvalue weighted by Crippen LogP contribution is 2.25. The van der Waals surface area contributed by atoms with Gasteiger partial charge in [0.05, 0.1) is 6.61 Å². The van der Waals surface area contributed by atoms with Crippen molar-refractivity contribution in [1.82, 2.24) is 0 Å². The second-order valence-corrected chi connectivity index (χ2v) is 3.87. The molecule has 2 aromatic carbocycles. The van der Waals surface area contributed by atoms with Gasteiger partial charge in [-0.2, -0.15) is 0 Å². The Morgan fingerprint density at radius 3 is 2.60 bits per heavy atom. The molecule has 0 amide bonds. The molecule has 1 heteroatoms. The Hall–Kier alpha value is -1.34. The van der Waals surface area contributed by atoms with Crippen molar-refractivity contribution in [2.45, 2.75) is 26.9 Å². The van der Waals surface area contributed by atoms with E-state index in [0.717, 1.165) is 12.0 Å². The number of aryl methyl sites for hydroxylation is 2. The van der Waals surface area contributed by atoms with Gasteiger partial charge in [-0.15, -0.1) is 0 Å². The van der Waals surface area contributed by atoms with Crippen molar-refractivity contribution in [3.05, 3.63) is 47.0 Å². The maximum Gasteiger partial charge on any atom is 0.0687 e. The van der Waals surface area contributed by atoms with Gasteiger partial charge in [-0.25, -0.2) is 0 Å². The van der Waals surface area contributed by atoms with Crippen molar-refractivity contribution in [2.75, 3.05) is 0 Å². The molecule has 0 aliphatic carbocycles. The number of aliphatic hydroxyl groups excluding tert-OH is 1. The highest BCUT2D eigenvalue weighted by Gasteiger charge is 2.07. The monoisotopic (exact) mass is 200 g/mol. The van der Waals surface area contributed by atoms with Crippen LogP contribution in [0.4, 0.5) is 0 Å². The zero-order chi connectivity index (χ0) is 10.8. The van der Waals surface area contributed by atoms with Gasteiger partial charge in [0.25, 0.3) is 0 Å². The lowest BCUT2D eigenvalue weighted by molar-refractivity contribution is 0.280. The molecule has 1 N–H and O–H groups in total. The SMILES string of the molecule is CCc1cc2ccccc2c(C)c1CO. The smallest absolute Gasteiger partial charge is 0.0687 e. The minimum absolute atomic E-state index is 0.139. The second kappa shape index (κ2) is 4.03. The molecular formula is C14H16O. The molecule has 2 rings (SSSR count). The topological polar surface area (TPSA) is 20.2 Å². The standard InChI is InChI=1S/C14H16O/c1-3-11-8-12-6-4-5-7-13(12)10(2)14(11)9-15/h4-8,15H,3,9H2,1-2H3. The summed E-state index contributed by atoms with van der Waals surface area (Å²) in [5.74, 6) is 0. The van der Waals surface area contributed by atoms with Crippen LogP contribution in [-0.4, -0.2) is 5.11 Å². The van der Waals surface area contributed by atoms with E-state index < -0.39 is 0 Å². The third-order valence-corrected chi connectivity index (χ3v) is 3.07. The summed E-state index contributed by atoms with van der Waals surface area (Å²) in [4.78, 5) is 0. The largest absolute Gasteiger partial charge is 0.392 e. The summed E-state index contributed by atoms with van der Waals surface area (Å²) in [5, 5.41) is 11.9. The first-order valence-electron chi connectivity index (χ1n) is 5.39. The molecule has 0 aromatic heterocycles. The first kappa shape index (κ1) is 10.2. The molecule has 0 aliphatic rings. The van der Waals surface area contributed by atoms with Crippen LogP contribution >= 0.6 is 0 Å². The van der Waals surface area contributed by atoms with Crippen molar-refractivity contribution >= 4 is 10.8 Å². The molecule has 0 spiro atoms. The number of hydrogen-bond acceptors (Lipinski definition) is 1. The van der Waals surface area contributed by atoms with E-state index in [1.165, 1.54) is 21.9 Å². The number of hydrogen-bond donors (Lipinski definition) is 1. The zero-order valence-corrected chi connectivity index (χ0v) is 9.25. The van der Waals surface area contributed by atoms with Gasteiger partial charge in [0, 0.05) is 0 Å². The summed E-state index contributed by atoms with van der Waals surface area (Å²) in [5.41, 5.74) is 3.57. The Morgan fingerprint density at radius 2 is 1.93 bits per heavy atom. The maximum absolute atomic E-state index is 9.39. The fraction of sp³-hybridized carbons (Fsp3) is 0.286. The van der Waals surface area contributed by atoms with Crippen LogP contribution in [0.1, 0.15) is 23.6 Å². The first-order valence-corrected chi connectivity index (χ1v) is 5.39. The normalized spacial score (nSPS) is 10.9. The summed E-state index contributed by atoms with van der Waals surface area (Å²) in [6, 6.07) is 10.5. The van der Waals surface area contributed by atoms with Crippen LogP contribution in [0.25, 0.3) is 10.8 Å². The molecule has 1 nitrogen and oxygen atoms in total. The Kier molecular flexibility index (Phi) is 2.74. The van der Waals surface area contributed by atoms with Crippen molar-refractivity contribution in [3.8, 4) is 0 Å². The predicted molar refractivity (Wildman–Crippen MR) is 64.0 cm³/mol. The summed E-state index contributed by atoms with van der Waals surface area (Å²) >= 11 is 0. The minimum atomic E-state index is 0.139. The molecule has 0 radical (unpaired) electrons. The highest BCUT2D eigenvalue weighted by atomic mass is 16.3. The van der Waals surface area contributed by atoms with E-state index in [4.69, 9.17) is 0 Å². The van der Waals surface area contributed by atoms with Gasteiger partial charge in [-0.3, -0.25) is 0 Å². The Morgan fingerprint density at radius 1 is 1.20 bits per heavy atom. The van der Waals surface area contributed by atoms with Crippen molar-refractivity contribution in [1.29, 1.82) is 0 Å². The molecular weight excluding hydrogens is 184 g/mol. The van der Waals surface area contributed by atoms with Gasteiger partial charge in [0.15, 0.2) is 0 Å². The highest BCUT2D eigenvalue weighted by molar-refractivity contribution is 5.87. The van der Waals surface area contributed by atoms with Crippen molar-refractivity contribution in [2.24, 2.45) is 0 Å². The lowest BCUT2D eigenvalue weighted by Gasteiger charge is -2.12. The molecule has 2 aromatic rings. The van der Waals surface area contributed by atoms with Crippen LogP contribution < -0.4 is 0 Å². The predicted octanol–water partition coefficient (Wildman–Crippen LogP) is 3.20. The number of fused-ring (bicyclic) bond motifs is 1. The van der Waals surface area contributed by atoms with Crippen LogP contribution in [0.5, 0.6) is 0 Å². The van der Waals surface area contributed by atoms with E-state index in [1.54, 1.807) is 0 Å². The molecule has 0 saturated carbocycles. The molecule has 0 bridgehead atoms. The van der Waals surface area contributed by atoms with E-state index in [1.807, 2.05) is 6.07 Å². The summed E-state index contributed by atoms with van der Waals surface area (Å²) in [7, 11) is 0. The van der Waals surface area contributed by atoms with Crippen LogP contribution in [0.2, 0.25) is 0 Å². The van der Waals surface area contributed by atoms with Gasteiger partial charge in [-0.05, 0) is 40.8 Å². The molecule has 0 atom stereocenters. The lowest BCUT2D eigenvalue weighted by Crippen LogP contribution is -1.97. The average molecular weight is 200 g/mol. The van der Waals surface area contributed by atoms with Crippen LogP contribution in [0, 0.1) is 6.92 Å². The molecule has 0 heterocycles. The Bertz CT molecular complexity index is 486. The van der Waals surface area contributed by atoms with Crippen LogP contribution in [0.3, 0.4) is 0 Å². The van der Waals surface area contributed by atoms with Gasteiger partial charge < -0.3 is 5.11 Å². The third-order valence-electron chi connectivity index (χ3n) is 3.07. The van der Waals surface area contributed by atoms with Crippen molar-refractivity contribution < 1.29 is 5.11 Å². The summed E-state index contributed by atoms with van der Waals surface area (Å²) in [6.45, 7) is 4.36. The van der Waals surface area contributed by atoms with Crippen molar-refractivity contribution in [3.63, 3.8) is 0 Å². The number of rotatable bonds is 2. The van der Waals surface area contributed by atoms with Gasteiger partial charge in [0.1, 0.15) is 0 Å². The maximum atomic E-state index is 9.39. The van der Waals surface area contributed by atoms with Gasteiger partial charge in [-0.1, -0.05) is 37.3 Å². The molecule has 15 heavy (non-hydrogen) atoms. The van der Waals surface area contributed by atoms with Gasteiger partial charge in [0.2, 0.25) is 0 Å². The van der Waals surface area contributed by atoms with E-state index in [-0.39, 0.29) is 6.61 Å². The molecule has 0 fully saturated rings. The van der Waals surface area contributed by atoms with Gasteiger partial charge >= 0.3 is 0 Å². The molecule has 0 unspecified atom stereocenters. The Balaban J connectivity index is 2.81. The van der Waals surface area contributed by atoms with Crippen LogP contribution in [0.15, 0.2) is 30.3 Å². The quantitative estimate of drug-likeness (QED) is 0.789. The minimum Gasteiger partial charge on any atom is -0.392 e. The van der Waals surface area contributed by atoms with E-state index in [2.05, 4.69) is 38.1 Å². The molecule has 78 valence electrons. The van der Waals surface area contributed by atoms with E-state index in [9.17, 15) is 5.11 Å². The second-order valence-electron chi connectivity index (χ2n) is 3.87. The summed E-state index contributed by atoms with van der Waals surface area (Å²) < 4.78 is 0. The fourth-order valence-electron chi connectivity index (χ4n) is 2.18. The lowest BCUT2D eigenvalue weighted by atomic mass is 9.94. The zero-order valence-electron chi connectivity index (χ0n) is 9.25. The van der Waals surface area contributed by atoms with E-state index in [0.29, 0.717) is 0 Å². The molecule has 0 saturated heterocycles. The fourth-order valence-corrected chi connectivity index (χ4v) is 2.18. The van der Waals surface area contributed by atoms with Crippen LogP contribution in [-0.2, 0) is 13.0 Å². The first-order chi connectivity index (χ1) is 7.27. The average Bonchev–Trinajstić information content (AvgIpc) is 2.29. The number of benzene rings is 2. The molecule has 0 aliphatic heterocycles. The number of aliphatic hydroxyl groups is 1. The third kappa shape index (κ3) is 1.64. The summed E-state index contributed by atoms with van der Waals surface area (Å²) in [6.07, 6.45) is 0.974. The van der Waals surface area contributed by atoms with E-state index >= 15 is 0 Å². The Labute approximate surface area is 90.4 Å².